The predicted molar refractivity (Wildman–Crippen MR) is 51.1 cm³/mol. The lowest BCUT2D eigenvalue weighted by Gasteiger charge is -1.92. The minimum absolute atomic E-state index is 0.114. The van der Waals surface area contributed by atoms with Gasteiger partial charge in [-0.3, -0.25) is 0 Å². The molecule has 0 aliphatic heterocycles. The van der Waals surface area contributed by atoms with Crippen LogP contribution in [-0.2, 0) is 16.4 Å². The van der Waals surface area contributed by atoms with Gasteiger partial charge >= 0.3 is 0 Å². The standard InChI is InChI=1S/C7H11NO3S2/c8-13(10,11)7-4-6(12-5-7)2-1-3-9/h4-5,9H,1-3H2,(H2,8,10,11). The maximum absolute atomic E-state index is 10.9. The van der Waals surface area contributed by atoms with E-state index in [1.54, 1.807) is 6.07 Å². The molecule has 0 aliphatic rings. The molecule has 4 nitrogen and oxygen atoms in total. The molecule has 0 unspecified atom stereocenters. The summed E-state index contributed by atoms with van der Waals surface area (Å²) in [5, 5.41) is 15.0. The highest BCUT2D eigenvalue weighted by molar-refractivity contribution is 7.89. The third-order valence-electron chi connectivity index (χ3n) is 1.54. The first-order valence-electron chi connectivity index (χ1n) is 3.75. The van der Waals surface area contributed by atoms with Crippen molar-refractivity contribution in [1.29, 1.82) is 0 Å². The highest BCUT2D eigenvalue weighted by atomic mass is 32.2. The minimum Gasteiger partial charge on any atom is -0.396 e. The van der Waals surface area contributed by atoms with Crippen LogP contribution in [0.5, 0.6) is 0 Å². The Morgan fingerprint density at radius 1 is 1.54 bits per heavy atom. The lowest BCUT2D eigenvalue weighted by atomic mass is 10.3. The van der Waals surface area contributed by atoms with E-state index < -0.39 is 10.0 Å². The minimum atomic E-state index is -3.56. The second-order valence-corrected chi connectivity index (χ2v) is 5.18. The Morgan fingerprint density at radius 2 is 2.23 bits per heavy atom. The molecule has 1 aromatic rings. The van der Waals surface area contributed by atoms with Gasteiger partial charge in [-0.1, -0.05) is 0 Å². The number of nitrogens with two attached hydrogens (primary N) is 1. The first-order valence-corrected chi connectivity index (χ1v) is 6.17. The van der Waals surface area contributed by atoms with Crippen molar-refractivity contribution in [3.8, 4) is 0 Å². The molecule has 1 heterocycles. The number of aryl methyl sites for hydroxylation is 1. The summed E-state index contributed by atoms with van der Waals surface area (Å²) >= 11 is 1.35. The number of aliphatic hydroxyl groups is 1. The Bertz CT molecular complexity index is 369. The zero-order valence-corrected chi connectivity index (χ0v) is 8.57. The van der Waals surface area contributed by atoms with Crippen LogP contribution in [0.15, 0.2) is 16.3 Å². The Morgan fingerprint density at radius 3 is 2.69 bits per heavy atom. The van der Waals surface area contributed by atoms with Gasteiger partial charge in [0.2, 0.25) is 10.0 Å². The van der Waals surface area contributed by atoms with E-state index in [0.717, 1.165) is 4.88 Å². The van der Waals surface area contributed by atoms with Crippen LogP contribution >= 0.6 is 11.3 Å². The SMILES string of the molecule is NS(=O)(=O)c1csc(CCCO)c1. The van der Waals surface area contributed by atoms with Gasteiger partial charge in [0.1, 0.15) is 0 Å². The van der Waals surface area contributed by atoms with E-state index in [1.165, 1.54) is 16.7 Å². The maximum Gasteiger partial charge on any atom is 0.238 e. The third kappa shape index (κ3) is 3.07. The van der Waals surface area contributed by atoms with Crippen LogP contribution in [0.2, 0.25) is 0 Å². The van der Waals surface area contributed by atoms with Crippen molar-refractivity contribution >= 4 is 21.4 Å². The third-order valence-corrected chi connectivity index (χ3v) is 3.58. The molecule has 1 rings (SSSR count). The highest BCUT2D eigenvalue weighted by Crippen LogP contribution is 2.19. The monoisotopic (exact) mass is 221 g/mol. The number of primary sulfonamides is 1. The van der Waals surface area contributed by atoms with E-state index in [9.17, 15) is 8.42 Å². The Kier molecular flexibility index (Phi) is 3.43. The van der Waals surface area contributed by atoms with Gasteiger partial charge in [0.05, 0.1) is 4.90 Å². The molecule has 13 heavy (non-hydrogen) atoms. The lowest BCUT2D eigenvalue weighted by molar-refractivity contribution is 0.289. The fourth-order valence-electron chi connectivity index (χ4n) is 0.894. The van der Waals surface area contributed by atoms with Crippen molar-refractivity contribution in [3.05, 3.63) is 16.3 Å². The summed E-state index contributed by atoms with van der Waals surface area (Å²) < 4.78 is 21.7. The Balaban J connectivity index is 2.76. The van der Waals surface area contributed by atoms with Gasteiger partial charge in [-0.2, -0.15) is 0 Å². The van der Waals surface area contributed by atoms with Gasteiger partial charge in [0.15, 0.2) is 0 Å². The van der Waals surface area contributed by atoms with Crippen LogP contribution in [0.25, 0.3) is 0 Å². The van der Waals surface area contributed by atoms with Crippen LogP contribution in [0, 0.1) is 0 Å². The average molecular weight is 221 g/mol. The summed E-state index contributed by atoms with van der Waals surface area (Å²) in [6.45, 7) is 0.114. The van der Waals surface area contributed by atoms with Crippen molar-refractivity contribution in [2.45, 2.75) is 17.7 Å². The van der Waals surface area contributed by atoms with Crippen LogP contribution in [-0.4, -0.2) is 20.1 Å². The van der Waals surface area contributed by atoms with Crippen LogP contribution < -0.4 is 5.14 Å². The zero-order valence-electron chi connectivity index (χ0n) is 6.93. The Labute approximate surface area is 81.1 Å². The molecular weight excluding hydrogens is 210 g/mol. The summed E-state index contributed by atoms with van der Waals surface area (Å²) in [6, 6.07) is 1.55. The van der Waals surface area contributed by atoms with Gasteiger partial charge < -0.3 is 5.11 Å². The van der Waals surface area contributed by atoms with E-state index in [-0.39, 0.29) is 11.5 Å². The van der Waals surface area contributed by atoms with Gasteiger partial charge in [-0.15, -0.1) is 11.3 Å². The molecule has 0 atom stereocenters. The van der Waals surface area contributed by atoms with E-state index >= 15 is 0 Å². The zero-order chi connectivity index (χ0) is 9.90. The fourth-order valence-corrected chi connectivity index (χ4v) is 2.75. The number of sulfonamides is 1. The molecule has 0 saturated heterocycles. The number of hydrogen-bond acceptors (Lipinski definition) is 4. The van der Waals surface area contributed by atoms with Crippen molar-refractivity contribution in [2.24, 2.45) is 5.14 Å². The van der Waals surface area contributed by atoms with Gasteiger partial charge in [-0.25, -0.2) is 13.6 Å². The van der Waals surface area contributed by atoms with E-state index in [1.807, 2.05) is 0 Å². The summed E-state index contributed by atoms with van der Waals surface area (Å²) in [5.41, 5.74) is 0. The Hall–Kier alpha value is -0.430. The average Bonchev–Trinajstić information content (AvgIpc) is 2.47. The molecular formula is C7H11NO3S2. The molecule has 0 fully saturated rings. The molecule has 1 aromatic heterocycles. The number of aliphatic hydroxyl groups excluding tert-OH is 1. The molecule has 0 radical (unpaired) electrons. The largest absolute Gasteiger partial charge is 0.396 e. The number of thiophene rings is 1. The van der Waals surface area contributed by atoms with Crippen molar-refractivity contribution in [3.63, 3.8) is 0 Å². The van der Waals surface area contributed by atoms with Gasteiger partial charge in [0.25, 0.3) is 0 Å². The summed E-state index contributed by atoms with van der Waals surface area (Å²) in [6.07, 6.45) is 1.33. The normalized spacial score (nSPS) is 11.8. The van der Waals surface area contributed by atoms with E-state index in [0.29, 0.717) is 12.8 Å². The second-order valence-electron chi connectivity index (χ2n) is 2.62. The molecule has 0 saturated carbocycles. The lowest BCUT2D eigenvalue weighted by Crippen LogP contribution is -2.10. The van der Waals surface area contributed by atoms with Crippen molar-refractivity contribution < 1.29 is 13.5 Å². The molecule has 6 heteroatoms. The second kappa shape index (κ2) is 4.19. The summed E-state index contributed by atoms with van der Waals surface area (Å²) in [4.78, 5) is 1.09. The van der Waals surface area contributed by atoms with Crippen molar-refractivity contribution in [1.82, 2.24) is 0 Å². The molecule has 0 spiro atoms. The smallest absolute Gasteiger partial charge is 0.238 e. The molecule has 3 N–H and O–H groups in total. The molecule has 0 amide bonds. The molecule has 0 aliphatic carbocycles. The number of rotatable bonds is 4. The highest BCUT2D eigenvalue weighted by Gasteiger charge is 2.09. The topological polar surface area (TPSA) is 80.4 Å². The quantitative estimate of drug-likeness (QED) is 0.768. The van der Waals surface area contributed by atoms with Crippen molar-refractivity contribution in [2.75, 3.05) is 6.61 Å². The summed E-state index contributed by atoms with van der Waals surface area (Å²) in [5.74, 6) is 0. The molecule has 0 bridgehead atoms. The predicted octanol–water partition coefficient (Wildman–Crippen LogP) is 0.320. The molecule has 74 valence electrons. The first kappa shape index (κ1) is 10.6. The number of hydrogen-bond donors (Lipinski definition) is 2. The van der Waals surface area contributed by atoms with Crippen LogP contribution in [0.3, 0.4) is 0 Å². The van der Waals surface area contributed by atoms with E-state index in [4.69, 9.17) is 10.2 Å². The van der Waals surface area contributed by atoms with E-state index in [2.05, 4.69) is 0 Å². The van der Waals surface area contributed by atoms with Crippen LogP contribution in [0.1, 0.15) is 11.3 Å². The van der Waals surface area contributed by atoms with Crippen LogP contribution in [0.4, 0.5) is 0 Å². The first-order chi connectivity index (χ1) is 6.04. The summed E-state index contributed by atoms with van der Waals surface area (Å²) in [7, 11) is -3.56. The van der Waals surface area contributed by atoms with Gasteiger partial charge in [-0.05, 0) is 18.9 Å². The van der Waals surface area contributed by atoms with Gasteiger partial charge in [0, 0.05) is 16.9 Å². The maximum atomic E-state index is 10.9. The molecule has 0 aromatic carbocycles. The fraction of sp³-hybridized carbons (Fsp3) is 0.429.